The van der Waals surface area contributed by atoms with E-state index >= 15 is 0 Å². The van der Waals surface area contributed by atoms with E-state index in [-0.39, 0.29) is 0 Å². The Morgan fingerprint density at radius 1 is 1.20 bits per heavy atom. The van der Waals surface area contributed by atoms with Gasteiger partial charge in [0.05, 0.1) is 0 Å². The van der Waals surface area contributed by atoms with E-state index in [0.29, 0.717) is 18.0 Å². The number of piperidine rings is 1. The first kappa shape index (κ1) is 15.5. The van der Waals surface area contributed by atoms with Crippen LogP contribution >= 0.6 is 0 Å². The topological polar surface area (TPSA) is 29.3 Å². The summed E-state index contributed by atoms with van der Waals surface area (Å²) in [7, 11) is 0. The number of aryl methyl sites for hydroxylation is 1. The third kappa shape index (κ3) is 3.42. The molecule has 0 saturated carbocycles. The van der Waals surface area contributed by atoms with E-state index in [1.54, 1.807) is 0 Å². The first-order valence-corrected chi connectivity index (χ1v) is 7.93. The van der Waals surface area contributed by atoms with Gasteiger partial charge in [-0.05, 0) is 55.3 Å². The highest BCUT2D eigenvalue weighted by Gasteiger charge is 2.31. The van der Waals surface area contributed by atoms with Gasteiger partial charge in [0.2, 0.25) is 0 Å². The predicted octanol–water partition coefficient (Wildman–Crippen LogP) is 3.75. The van der Waals surface area contributed by atoms with Gasteiger partial charge in [-0.15, -0.1) is 0 Å². The second-order valence-electron chi connectivity index (χ2n) is 7.28. The Morgan fingerprint density at radius 3 is 2.30 bits per heavy atom. The van der Waals surface area contributed by atoms with Gasteiger partial charge in [0.1, 0.15) is 0 Å². The highest BCUT2D eigenvalue weighted by atomic mass is 15.2. The third-order valence-electron chi connectivity index (χ3n) is 4.97. The SMILES string of the molecule is Cc1ccccc1C(CN)N1CCC(C(C)(C)C)CC1. The third-order valence-corrected chi connectivity index (χ3v) is 4.97. The molecule has 1 fully saturated rings. The maximum Gasteiger partial charge on any atom is 0.0473 e. The van der Waals surface area contributed by atoms with Crippen molar-refractivity contribution >= 4 is 0 Å². The van der Waals surface area contributed by atoms with E-state index < -0.39 is 0 Å². The summed E-state index contributed by atoms with van der Waals surface area (Å²) in [5.41, 5.74) is 9.29. The molecular weight excluding hydrogens is 244 g/mol. The van der Waals surface area contributed by atoms with Crippen LogP contribution in [0.5, 0.6) is 0 Å². The Kier molecular flexibility index (Phi) is 4.87. The van der Waals surface area contributed by atoms with Gasteiger partial charge < -0.3 is 5.73 Å². The first-order chi connectivity index (χ1) is 9.43. The van der Waals surface area contributed by atoms with Gasteiger partial charge in [0, 0.05) is 12.6 Å². The van der Waals surface area contributed by atoms with Crippen LogP contribution in [0.2, 0.25) is 0 Å². The zero-order valence-corrected chi connectivity index (χ0v) is 13.5. The highest BCUT2D eigenvalue weighted by molar-refractivity contribution is 5.29. The summed E-state index contributed by atoms with van der Waals surface area (Å²) >= 11 is 0. The first-order valence-electron chi connectivity index (χ1n) is 7.93. The molecule has 2 rings (SSSR count). The Hall–Kier alpha value is -0.860. The molecule has 0 amide bonds. The smallest absolute Gasteiger partial charge is 0.0473 e. The minimum atomic E-state index is 0.386. The zero-order chi connectivity index (χ0) is 14.8. The number of benzene rings is 1. The molecule has 20 heavy (non-hydrogen) atoms. The van der Waals surface area contributed by atoms with Crippen LogP contribution in [-0.4, -0.2) is 24.5 Å². The van der Waals surface area contributed by atoms with E-state index in [4.69, 9.17) is 5.73 Å². The largest absolute Gasteiger partial charge is 0.329 e. The van der Waals surface area contributed by atoms with Crippen LogP contribution in [0.15, 0.2) is 24.3 Å². The molecule has 2 N–H and O–H groups in total. The maximum absolute atomic E-state index is 6.08. The van der Waals surface area contributed by atoms with Crippen LogP contribution in [0.25, 0.3) is 0 Å². The Balaban J connectivity index is 2.06. The van der Waals surface area contributed by atoms with E-state index in [9.17, 15) is 0 Å². The monoisotopic (exact) mass is 274 g/mol. The van der Waals surface area contributed by atoms with Crippen molar-refractivity contribution in [3.8, 4) is 0 Å². The van der Waals surface area contributed by atoms with Crippen molar-refractivity contribution in [3.63, 3.8) is 0 Å². The summed E-state index contributed by atoms with van der Waals surface area (Å²) in [4.78, 5) is 2.59. The molecule has 1 aromatic rings. The molecule has 1 atom stereocenters. The van der Waals surface area contributed by atoms with Gasteiger partial charge in [0.25, 0.3) is 0 Å². The van der Waals surface area contributed by atoms with E-state index in [2.05, 4.69) is 56.9 Å². The number of nitrogens with two attached hydrogens (primary N) is 1. The van der Waals surface area contributed by atoms with Gasteiger partial charge in [-0.3, -0.25) is 4.90 Å². The fraction of sp³-hybridized carbons (Fsp3) is 0.667. The van der Waals surface area contributed by atoms with Crippen molar-refractivity contribution in [2.45, 2.75) is 46.6 Å². The predicted molar refractivity (Wildman–Crippen MR) is 86.7 cm³/mol. The van der Waals surface area contributed by atoms with Gasteiger partial charge in [0.15, 0.2) is 0 Å². The molecule has 1 unspecified atom stereocenters. The quantitative estimate of drug-likeness (QED) is 0.909. The van der Waals surface area contributed by atoms with Crippen molar-refractivity contribution < 1.29 is 0 Å². The van der Waals surface area contributed by atoms with Crippen LogP contribution in [0, 0.1) is 18.3 Å². The summed E-state index contributed by atoms with van der Waals surface area (Å²) in [5, 5.41) is 0. The van der Waals surface area contributed by atoms with Crippen molar-refractivity contribution in [1.29, 1.82) is 0 Å². The number of likely N-dealkylation sites (tertiary alicyclic amines) is 1. The van der Waals surface area contributed by atoms with Crippen molar-refractivity contribution in [2.24, 2.45) is 17.1 Å². The zero-order valence-electron chi connectivity index (χ0n) is 13.5. The molecule has 2 heteroatoms. The number of rotatable bonds is 3. The van der Waals surface area contributed by atoms with Gasteiger partial charge in [-0.1, -0.05) is 45.0 Å². The molecule has 112 valence electrons. The Labute approximate surface area is 124 Å². The van der Waals surface area contributed by atoms with E-state index in [1.165, 1.54) is 37.1 Å². The summed E-state index contributed by atoms with van der Waals surface area (Å²) in [6, 6.07) is 9.06. The van der Waals surface area contributed by atoms with Gasteiger partial charge >= 0.3 is 0 Å². The van der Waals surface area contributed by atoms with Crippen molar-refractivity contribution in [3.05, 3.63) is 35.4 Å². The van der Waals surface area contributed by atoms with Crippen LogP contribution in [0.1, 0.15) is 50.8 Å². The molecule has 0 spiro atoms. The Morgan fingerprint density at radius 2 is 1.80 bits per heavy atom. The second kappa shape index (κ2) is 6.28. The van der Waals surface area contributed by atoms with Crippen LogP contribution in [-0.2, 0) is 0 Å². The fourth-order valence-electron chi connectivity index (χ4n) is 3.51. The van der Waals surface area contributed by atoms with Crippen molar-refractivity contribution in [2.75, 3.05) is 19.6 Å². The molecule has 2 nitrogen and oxygen atoms in total. The summed E-state index contributed by atoms with van der Waals surface area (Å²) in [6.07, 6.45) is 2.60. The molecule has 1 aliphatic rings. The number of nitrogens with zero attached hydrogens (tertiary/aromatic N) is 1. The number of hydrogen-bond acceptors (Lipinski definition) is 2. The lowest BCUT2D eigenvalue weighted by atomic mass is 9.75. The summed E-state index contributed by atoms with van der Waals surface area (Å²) in [5.74, 6) is 0.842. The maximum atomic E-state index is 6.08. The minimum absolute atomic E-state index is 0.386. The molecule has 1 aromatic carbocycles. The minimum Gasteiger partial charge on any atom is -0.329 e. The fourth-order valence-corrected chi connectivity index (χ4v) is 3.51. The molecular formula is C18H30N2. The van der Waals surface area contributed by atoms with Gasteiger partial charge in [-0.2, -0.15) is 0 Å². The average molecular weight is 274 g/mol. The lowest BCUT2D eigenvalue weighted by Gasteiger charge is -2.42. The molecule has 0 aromatic heterocycles. The summed E-state index contributed by atoms with van der Waals surface area (Å²) < 4.78 is 0. The standard InChI is InChI=1S/C18H30N2/c1-14-7-5-6-8-16(14)17(13-19)20-11-9-15(10-12-20)18(2,3)4/h5-8,15,17H,9-13,19H2,1-4H3. The molecule has 0 aliphatic carbocycles. The van der Waals surface area contributed by atoms with Crippen LogP contribution in [0.4, 0.5) is 0 Å². The van der Waals surface area contributed by atoms with E-state index in [1.807, 2.05) is 0 Å². The molecule has 1 saturated heterocycles. The van der Waals surface area contributed by atoms with Crippen LogP contribution < -0.4 is 5.73 Å². The lowest BCUT2D eigenvalue weighted by molar-refractivity contribution is 0.0844. The molecule has 1 heterocycles. The highest BCUT2D eigenvalue weighted by Crippen LogP contribution is 2.36. The summed E-state index contributed by atoms with van der Waals surface area (Å²) in [6.45, 7) is 12.4. The molecule has 1 aliphatic heterocycles. The molecule has 0 radical (unpaired) electrons. The molecule has 0 bridgehead atoms. The Bertz CT molecular complexity index is 425. The van der Waals surface area contributed by atoms with Crippen LogP contribution in [0.3, 0.4) is 0 Å². The van der Waals surface area contributed by atoms with E-state index in [0.717, 1.165) is 5.92 Å². The normalized spacial score (nSPS) is 20.1. The lowest BCUT2D eigenvalue weighted by Crippen LogP contribution is -2.42. The second-order valence-corrected chi connectivity index (χ2v) is 7.28. The van der Waals surface area contributed by atoms with Crippen molar-refractivity contribution in [1.82, 2.24) is 4.90 Å². The van der Waals surface area contributed by atoms with Gasteiger partial charge in [-0.25, -0.2) is 0 Å². The number of hydrogen-bond donors (Lipinski definition) is 1. The average Bonchev–Trinajstić information content (AvgIpc) is 2.41.